The van der Waals surface area contributed by atoms with Crippen LogP contribution >= 0.6 is 11.3 Å². The molecule has 4 fully saturated rings. The molecular weight excluding hydrogens is 436 g/mol. The van der Waals surface area contributed by atoms with Crippen molar-refractivity contribution >= 4 is 40.6 Å². The first kappa shape index (κ1) is 21.9. The van der Waals surface area contributed by atoms with E-state index in [2.05, 4.69) is 21.3 Å². The number of rotatable bonds is 6. The van der Waals surface area contributed by atoms with E-state index in [1.54, 1.807) is 37.3 Å². The highest BCUT2D eigenvalue weighted by molar-refractivity contribution is 7.12. The van der Waals surface area contributed by atoms with Crippen LogP contribution in [0.25, 0.3) is 0 Å². The van der Waals surface area contributed by atoms with E-state index in [-0.39, 0.29) is 23.4 Å². The molecule has 33 heavy (non-hydrogen) atoms. The fourth-order valence-electron chi connectivity index (χ4n) is 6.32. The minimum absolute atomic E-state index is 0.126. The molecule has 0 aliphatic heterocycles. The number of nitrogens with one attached hydrogen (secondary N) is 4. The molecule has 8 heteroatoms. The van der Waals surface area contributed by atoms with Crippen LogP contribution in [-0.4, -0.2) is 29.4 Å². The van der Waals surface area contributed by atoms with E-state index in [0.29, 0.717) is 10.6 Å². The summed E-state index contributed by atoms with van der Waals surface area (Å²) in [6.07, 6.45) is 7.05. The SMILES string of the molecule is CC(Nc1ccc(NC(=O)c2cccs2)cc1)C(=O)NC(=O)NC12CC3CC(CC(C3)C1)C2. The number of urea groups is 1. The Morgan fingerprint density at radius 2 is 1.55 bits per heavy atom. The summed E-state index contributed by atoms with van der Waals surface area (Å²) >= 11 is 1.39. The van der Waals surface area contributed by atoms with E-state index < -0.39 is 6.04 Å². The molecule has 0 spiro atoms. The van der Waals surface area contributed by atoms with Crippen molar-refractivity contribution in [1.82, 2.24) is 10.6 Å². The summed E-state index contributed by atoms with van der Waals surface area (Å²) in [5.74, 6) is 1.67. The summed E-state index contributed by atoms with van der Waals surface area (Å²) in [5.41, 5.74) is 1.28. The molecule has 4 N–H and O–H groups in total. The lowest BCUT2D eigenvalue weighted by Crippen LogP contribution is -2.62. The van der Waals surface area contributed by atoms with Crippen LogP contribution in [0, 0.1) is 17.8 Å². The monoisotopic (exact) mass is 466 g/mol. The summed E-state index contributed by atoms with van der Waals surface area (Å²) in [6, 6.07) is 9.78. The standard InChI is InChI=1S/C25H30N4O3S/c1-15(26-19-4-6-20(7-5-19)27-23(31)21-3-2-8-33-21)22(30)28-24(32)29-25-12-16-9-17(13-25)11-18(10-16)14-25/h2-8,15-18,26H,9-14H2,1H3,(H,27,31)(H2,28,29,30,32). The van der Waals surface area contributed by atoms with Crippen molar-refractivity contribution in [3.05, 3.63) is 46.7 Å². The summed E-state index contributed by atoms with van der Waals surface area (Å²) < 4.78 is 0. The maximum absolute atomic E-state index is 12.6. The van der Waals surface area contributed by atoms with E-state index in [4.69, 9.17) is 0 Å². The largest absolute Gasteiger partial charge is 0.374 e. The molecule has 0 saturated heterocycles. The van der Waals surface area contributed by atoms with Gasteiger partial charge >= 0.3 is 6.03 Å². The van der Waals surface area contributed by atoms with Crippen LogP contribution in [0.5, 0.6) is 0 Å². The van der Waals surface area contributed by atoms with Crippen LogP contribution in [-0.2, 0) is 4.79 Å². The van der Waals surface area contributed by atoms with E-state index in [1.807, 2.05) is 11.4 Å². The number of hydrogen-bond donors (Lipinski definition) is 4. The van der Waals surface area contributed by atoms with Crippen LogP contribution in [0.4, 0.5) is 16.2 Å². The number of hydrogen-bond acceptors (Lipinski definition) is 5. The fraction of sp³-hybridized carbons (Fsp3) is 0.480. The maximum atomic E-state index is 12.6. The Kier molecular flexibility index (Phi) is 5.86. The lowest BCUT2D eigenvalue weighted by atomic mass is 9.53. The molecule has 0 radical (unpaired) electrons. The second-order valence-electron chi connectivity index (χ2n) is 10.0. The number of anilines is 2. The summed E-state index contributed by atoms with van der Waals surface area (Å²) in [6.45, 7) is 1.72. The third-order valence-corrected chi connectivity index (χ3v) is 8.19. The van der Waals surface area contributed by atoms with Crippen LogP contribution in [0.15, 0.2) is 41.8 Å². The molecule has 174 valence electrons. The topological polar surface area (TPSA) is 99.3 Å². The number of imide groups is 1. The van der Waals surface area contributed by atoms with Gasteiger partial charge in [0.1, 0.15) is 6.04 Å². The Bertz CT molecular complexity index is 999. The molecular formula is C25H30N4O3S. The predicted molar refractivity (Wildman–Crippen MR) is 129 cm³/mol. The predicted octanol–water partition coefficient (Wildman–Crippen LogP) is 4.60. The molecule has 2 aromatic rings. The molecule has 6 rings (SSSR count). The minimum Gasteiger partial charge on any atom is -0.374 e. The Labute approximate surface area is 197 Å². The zero-order valence-corrected chi connectivity index (χ0v) is 19.5. The van der Waals surface area contributed by atoms with E-state index in [0.717, 1.165) is 42.7 Å². The van der Waals surface area contributed by atoms with Gasteiger partial charge in [-0.3, -0.25) is 14.9 Å². The molecule has 1 aromatic carbocycles. The van der Waals surface area contributed by atoms with Gasteiger partial charge in [0.05, 0.1) is 4.88 Å². The van der Waals surface area contributed by atoms with Crippen molar-refractivity contribution in [3.8, 4) is 0 Å². The summed E-state index contributed by atoms with van der Waals surface area (Å²) in [7, 11) is 0. The second-order valence-corrected chi connectivity index (χ2v) is 11.0. The molecule has 1 aromatic heterocycles. The Morgan fingerprint density at radius 1 is 0.939 bits per heavy atom. The average molecular weight is 467 g/mol. The number of amides is 4. The van der Waals surface area contributed by atoms with Gasteiger partial charge in [-0.1, -0.05) is 6.07 Å². The first-order chi connectivity index (χ1) is 15.9. The molecule has 4 aliphatic carbocycles. The quantitative estimate of drug-likeness (QED) is 0.500. The van der Waals surface area contributed by atoms with E-state index in [1.165, 1.54) is 30.6 Å². The van der Waals surface area contributed by atoms with Crippen LogP contribution in [0.2, 0.25) is 0 Å². The number of carbonyl (C=O) groups excluding carboxylic acids is 3. The molecule has 4 saturated carbocycles. The van der Waals surface area contributed by atoms with Crippen LogP contribution in [0.1, 0.15) is 55.1 Å². The Balaban J connectivity index is 1.11. The van der Waals surface area contributed by atoms with Crippen molar-refractivity contribution in [3.63, 3.8) is 0 Å². The Morgan fingerprint density at radius 3 is 2.12 bits per heavy atom. The second kappa shape index (κ2) is 8.82. The molecule has 4 aliphatic rings. The van der Waals surface area contributed by atoms with Gasteiger partial charge in [0.15, 0.2) is 0 Å². The molecule has 4 bridgehead atoms. The van der Waals surface area contributed by atoms with Gasteiger partial charge in [0.25, 0.3) is 5.91 Å². The normalized spacial score (nSPS) is 28.1. The smallest absolute Gasteiger partial charge is 0.321 e. The van der Waals surface area contributed by atoms with Gasteiger partial charge < -0.3 is 16.0 Å². The highest BCUT2D eigenvalue weighted by Crippen LogP contribution is 2.55. The van der Waals surface area contributed by atoms with Gasteiger partial charge in [-0.15, -0.1) is 11.3 Å². The molecule has 4 amide bonds. The van der Waals surface area contributed by atoms with Crippen molar-refractivity contribution in [2.45, 2.75) is 57.0 Å². The fourth-order valence-corrected chi connectivity index (χ4v) is 6.94. The molecule has 7 nitrogen and oxygen atoms in total. The van der Waals surface area contributed by atoms with Crippen molar-refractivity contribution in [1.29, 1.82) is 0 Å². The van der Waals surface area contributed by atoms with Crippen molar-refractivity contribution in [2.24, 2.45) is 17.8 Å². The summed E-state index contributed by atoms with van der Waals surface area (Å²) in [4.78, 5) is 38.0. The van der Waals surface area contributed by atoms with Crippen molar-refractivity contribution < 1.29 is 14.4 Å². The lowest BCUT2D eigenvalue weighted by Gasteiger charge is -2.56. The first-order valence-electron chi connectivity index (χ1n) is 11.7. The average Bonchev–Trinajstić information content (AvgIpc) is 3.28. The van der Waals surface area contributed by atoms with E-state index in [9.17, 15) is 14.4 Å². The molecule has 1 heterocycles. The number of thiophene rings is 1. The maximum Gasteiger partial charge on any atom is 0.321 e. The molecule has 1 atom stereocenters. The first-order valence-corrected chi connectivity index (χ1v) is 12.6. The molecule has 1 unspecified atom stereocenters. The van der Waals surface area contributed by atoms with Crippen LogP contribution in [0.3, 0.4) is 0 Å². The number of carbonyl (C=O) groups is 3. The zero-order chi connectivity index (χ0) is 23.0. The van der Waals surface area contributed by atoms with Gasteiger partial charge in [-0.05, 0) is 98.9 Å². The Hall–Kier alpha value is -2.87. The third-order valence-electron chi connectivity index (χ3n) is 7.32. The van der Waals surface area contributed by atoms with Gasteiger partial charge in [-0.2, -0.15) is 0 Å². The highest BCUT2D eigenvalue weighted by atomic mass is 32.1. The van der Waals surface area contributed by atoms with Crippen molar-refractivity contribution in [2.75, 3.05) is 10.6 Å². The highest BCUT2D eigenvalue weighted by Gasteiger charge is 2.51. The van der Waals surface area contributed by atoms with E-state index >= 15 is 0 Å². The van der Waals surface area contributed by atoms with Gasteiger partial charge in [-0.25, -0.2) is 4.79 Å². The zero-order valence-electron chi connectivity index (χ0n) is 18.7. The minimum atomic E-state index is -0.585. The number of benzene rings is 1. The lowest BCUT2D eigenvalue weighted by molar-refractivity contribution is -0.120. The third kappa shape index (κ3) is 4.90. The van der Waals surface area contributed by atoms with Gasteiger partial charge in [0.2, 0.25) is 5.91 Å². The summed E-state index contributed by atoms with van der Waals surface area (Å²) in [5, 5.41) is 13.5. The van der Waals surface area contributed by atoms with Gasteiger partial charge in [0, 0.05) is 16.9 Å². The van der Waals surface area contributed by atoms with Crippen LogP contribution < -0.4 is 21.3 Å².